The first-order valence-electron chi connectivity index (χ1n) is 6.84. The Morgan fingerprint density at radius 1 is 1.35 bits per heavy atom. The summed E-state index contributed by atoms with van der Waals surface area (Å²) in [6.45, 7) is 2.25. The van der Waals surface area contributed by atoms with Crippen LogP contribution in [-0.4, -0.2) is 5.78 Å². The Labute approximate surface area is 103 Å². The molecule has 1 heterocycles. The summed E-state index contributed by atoms with van der Waals surface area (Å²) >= 11 is 0. The van der Waals surface area contributed by atoms with Crippen molar-refractivity contribution in [3.8, 4) is 0 Å². The molecule has 0 aliphatic heterocycles. The second-order valence-electron chi connectivity index (χ2n) is 5.17. The molecule has 94 valence electrons. The molecular weight excluding hydrogens is 212 g/mol. The Kier molecular flexibility index (Phi) is 4.41. The number of aryl methyl sites for hydroxylation is 1. The van der Waals surface area contributed by atoms with Crippen LogP contribution in [0.1, 0.15) is 51.2 Å². The van der Waals surface area contributed by atoms with E-state index < -0.39 is 0 Å². The molecule has 2 rings (SSSR count). The van der Waals surface area contributed by atoms with Crippen LogP contribution < -0.4 is 0 Å². The van der Waals surface area contributed by atoms with Gasteiger partial charge in [0.1, 0.15) is 11.5 Å². The minimum absolute atomic E-state index is 0.327. The predicted octanol–water partition coefficient (Wildman–Crippen LogP) is 4.00. The van der Waals surface area contributed by atoms with Gasteiger partial charge in [-0.25, -0.2) is 0 Å². The van der Waals surface area contributed by atoms with Crippen molar-refractivity contribution in [3.05, 3.63) is 24.2 Å². The van der Waals surface area contributed by atoms with Crippen LogP contribution in [0.15, 0.2) is 22.8 Å². The predicted molar refractivity (Wildman–Crippen MR) is 67.8 cm³/mol. The fourth-order valence-electron chi connectivity index (χ4n) is 2.80. The van der Waals surface area contributed by atoms with Crippen LogP contribution in [0.2, 0.25) is 0 Å². The van der Waals surface area contributed by atoms with Gasteiger partial charge in [-0.15, -0.1) is 0 Å². The topological polar surface area (TPSA) is 30.2 Å². The number of hydrogen-bond donors (Lipinski definition) is 0. The molecule has 0 radical (unpaired) electrons. The summed E-state index contributed by atoms with van der Waals surface area (Å²) in [5.41, 5.74) is 0. The summed E-state index contributed by atoms with van der Waals surface area (Å²) in [4.78, 5) is 12.0. The Hall–Kier alpha value is -1.05. The lowest BCUT2D eigenvalue weighted by Crippen LogP contribution is -2.21. The second-order valence-corrected chi connectivity index (χ2v) is 5.17. The second kappa shape index (κ2) is 6.04. The third kappa shape index (κ3) is 3.45. The zero-order chi connectivity index (χ0) is 12.1. The van der Waals surface area contributed by atoms with Crippen molar-refractivity contribution < 1.29 is 9.21 Å². The molecule has 1 aliphatic rings. The SMILES string of the molecule is CCC1CCC(C(=O)CCc2ccco2)CC1. The number of rotatable bonds is 5. The van der Waals surface area contributed by atoms with Gasteiger partial charge in [0.05, 0.1) is 6.26 Å². The lowest BCUT2D eigenvalue weighted by Gasteiger charge is -2.26. The first-order valence-corrected chi connectivity index (χ1v) is 6.84. The molecule has 1 aromatic heterocycles. The summed E-state index contributed by atoms with van der Waals surface area (Å²) in [7, 11) is 0. The maximum absolute atomic E-state index is 12.0. The van der Waals surface area contributed by atoms with Gasteiger partial charge in [-0.2, -0.15) is 0 Å². The monoisotopic (exact) mass is 234 g/mol. The molecule has 1 aliphatic carbocycles. The van der Waals surface area contributed by atoms with E-state index in [2.05, 4.69) is 6.92 Å². The molecule has 0 saturated heterocycles. The molecule has 0 atom stereocenters. The summed E-state index contributed by atoms with van der Waals surface area (Å²) in [5, 5.41) is 0. The highest BCUT2D eigenvalue weighted by molar-refractivity contribution is 5.81. The maximum Gasteiger partial charge on any atom is 0.136 e. The Balaban J connectivity index is 1.73. The van der Waals surface area contributed by atoms with Gasteiger partial charge in [-0.1, -0.05) is 13.3 Å². The Morgan fingerprint density at radius 3 is 2.71 bits per heavy atom. The van der Waals surface area contributed by atoms with Gasteiger partial charge >= 0.3 is 0 Å². The molecule has 0 amide bonds. The van der Waals surface area contributed by atoms with Crippen LogP contribution in [0.25, 0.3) is 0 Å². The van der Waals surface area contributed by atoms with Crippen LogP contribution in [0.4, 0.5) is 0 Å². The van der Waals surface area contributed by atoms with Gasteiger partial charge in [-0.3, -0.25) is 4.79 Å². The normalized spacial score (nSPS) is 24.8. The molecule has 0 N–H and O–H groups in total. The van der Waals surface area contributed by atoms with Crippen molar-refractivity contribution in [1.29, 1.82) is 0 Å². The number of hydrogen-bond acceptors (Lipinski definition) is 2. The zero-order valence-corrected chi connectivity index (χ0v) is 10.7. The third-order valence-electron chi connectivity index (χ3n) is 4.08. The van der Waals surface area contributed by atoms with E-state index in [1.807, 2.05) is 12.1 Å². The lowest BCUT2D eigenvalue weighted by atomic mass is 9.78. The van der Waals surface area contributed by atoms with E-state index in [9.17, 15) is 4.79 Å². The molecule has 1 saturated carbocycles. The number of carbonyl (C=O) groups is 1. The summed E-state index contributed by atoms with van der Waals surface area (Å²) < 4.78 is 5.25. The molecule has 0 aromatic carbocycles. The fraction of sp³-hybridized carbons (Fsp3) is 0.667. The van der Waals surface area contributed by atoms with Crippen molar-refractivity contribution in [2.24, 2.45) is 11.8 Å². The van der Waals surface area contributed by atoms with E-state index in [1.165, 1.54) is 19.3 Å². The highest BCUT2D eigenvalue weighted by Gasteiger charge is 2.24. The number of ketones is 1. The number of furan rings is 1. The van der Waals surface area contributed by atoms with E-state index in [-0.39, 0.29) is 0 Å². The van der Waals surface area contributed by atoms with Crippen molar-refractivity contribution >= 4 is 5.78 Å². The van der Waals surface area contributed by atoms with Crippen LogP contribution in [0, 0.1) is 11.8 Å². The summed E-state index contributed by atoms with van der Waals surface area (Å²) in [6.07, 6.45) is 9.06. The number of Topliss-reactive ketones (excluding diaryl/α,β-unsaturated/α-hetero) is 1. The van der Waals surface area contributed by atoms with Gasteiger partial charge in [0, 0.05) is 18.8 Å². The maximum atomic E-state index is 12.0. The Bertz CT molecular complexity index is 332. The zero-order valence-electron chi connectivity index (χ0n) is 10.7. The van der Waals surface area contributed by atoms with E-state index in [1.54, 1.807) is 6.26 Å². The van der Waals surface area contributed by atoms with Crippen LogP contribution in [0.5, 0.6) is 0 Å². The summed E-state index contributed by atoms with van der Waals surface area (Å²) in [6, 6.07) is 3.83. The average Bonchev–Trinajstić information content (AvgIpc) is 2.89. The first kappa shape index (κ1) is 12.4. The molecule has 1 aromatic rings. The summed E-state index contributed by atoms with van der Waals surface area (Å²) in [5.74, 6) is 2.56. The van der Waals surface area contributed by atoms with Gasteiger partial charge < -0.3 is 4.42 Å². The molecule has 0 bridgehead atoms. The molecule has 2 nitrogen and oxygen atoms in total. The average molecular weight is 234 g/mol. The van der Waals surface area contributed by atoms with Gasteiger partial charge in [-0.05, 0) is 43.7 Å². The molecule has 1 fully saturated rings. The van der Waals surface area contributed by atoms with Crippen molar-refractivity contribution in [2.75, 3.05) is 0 Å². The molecule has 17 heavy (non-hydrogen) atoms. The van der Waals surface area contributed by atoms with Crippen molar-refractivity contribution in [2.45, 2.75) is 51.9 Å². The van der Waals surface area contributed by atoms with E-state index in [0.717, 1.165) is 30.9 Å². The van der Waals surface area contributed by atoms with E-state index >= 15 is 0 Å². The highest BCUT2D eigenvalue weighted by atomic mass is 16.3. The third-order valence-corrected chi connectivity index (χ3v) is 4.08. The fourth-order valence-corrected chi connectivity index (χ4v) is 2.80. The lowest BCUT2D eigenvalue weighted by molar-refractivity contribution is -0.124. The Morgan fingerprint density at radius 2 is 2.12 bits per heavy atom. The van der Waals surface area contributed by atoms with E-state index in [0.29, 0.717) is 18.1 Å². The van der Waals surface area contributed by atoms with Gasteiger partial charge in [0.15, 0.2) is 0 Å². The number of carbonyl (C=O) groups excluding carboxylic acids is 1. The van der Waals surface area contributed by atoms with Gasteiger partial charge in [0.2, 0.25) is 0 Å². The first-order chi connectivity index (χ1) is 8.29. The van der Waals surface area contributed by atoms with Crippen LogP contribution in [-0.2, 0) is 11.2 Å². The van der Waals surface area contributed by atoms with Crippen LogP contribution in [0.3, 0.4) is 0 Å². The smallest absolute Gasteiger partial charge is 0.136 e. The molecule has 0 unspecified atom stereocenters. The standard InChI is InChI=1S/C15H22O2/c1-2-12-5-7-13(8-6-12)15(16)10-9-14-4-3-11-17-14/h3-4,11-13H,2,5-10H2,1H3. The van der Waals surface area contributed by atoms with Crippen LogP contribution >= 0.6 is 0 Å². The van der Waals surface area contributed by atoms with Crippen molar-refractivity contribution in [1.82, 2.24) is 0 Å². The van der Waals surface area contributed by atoms with E-state index in [4.69, 9.17) is 4.42 Å². The minimum Gasteiger partial charge on any atom is -0.469 e. The van der Waals surface area contributed by atoms with Gasteiger partial charge in [0.25, 0.3) is 0 Å². The van der Waals surface area contributed by atoms with Crippen molar-refractivity contribution in [3.63, 3.8) is 0 Å². The molecule has 0 spiro atoms. The molecule has 2 heteroatoms. The highest BCUT2D eigenvalue weighted by Crippen LogP contribution is 2.31. The largest absolute Gasteiger partial charge is 0.469 e. The molecular formula is C15H22O2. The minimum atomic E-state index is 0.327. The quantitative estimate of drug-likeness (QED) is 0.771.